The van der Waals surface area contributed by atoms with Gasteiger partial charge in [0.2, 0.25) is 0 Å². The van der Waals surface area contributed by atoms with Crippen LogP contribution in [-0.2, 0) is 9.53 Å². The summed E-state index contributed by atoms with van der Waals surface area (Å²) >= 11 is 0. The Hall–Kier alpha value is -2.61. The molecule has 2 aromatic rings. The molecular formula is C23H22O2. The Morgan fingerprint density at radius 2 is 1.76 bits per heavy atom. The normalized spacial score (nSPS) is 22.5. The van der Waals surface area contributed by atoms with Crippen LogP contribution < -0.4 is 0 Å². The molecule has 1 aliphatic heterocycles. The van der Waals surface area contributed by atoms with Gasteiger partial charge in [0, 0.05) is 18.4 Å². The van der Waals surface area contributed by atoms with Crippen molar-refractivity contribution in [2.24, 2.45) is 0 Å². The highest BCUT2D eigenvalue weighted by atomic mass is 16.5. The first-order chi connectivity index (χ1) is 12.1. The van der Waals surface area contributed by atoms with Crippen LogP contribution in [0.2, 0.25) is 0 Å². The molecule has 0 spiro atoms. The van der Waals surface area contributed by atoms with E-state index in [0.29, 0.717) is 6.42 Å². The van der Waals surface area contributed by atoms with Crippen LogP contribution in [0, 0.1) is 6.92 Å². The van der Waals surface area contributed by atoms with E-state index in [0.717, 1.165) is 40.9 Å². The Balaban J connectivity index is 1.77. The molecule has 2 aliphatic rings. The number of carbonyl (C=O) groups is 1. The van der Waals surface area contributed by atoms with Crippen molar-refractivity contribution < 1.29 is 9.53 Å². The Labute approximate surface area is 148 Å². The molecule has 2 nitrogen and oxygen atoms in total. The van der Waals surface area contributed by atoms with Crippen molar-refractivity contribution in [3.8, 4) is 0 Å². The SMILES string of the molecule is C=C(c1ccccc1)[C@H]1OC2=C(C(=O)CCC2)[C@@H]1c1ccc(C)cc1. The van der Waals surface area contributed by atoms with Gasteiger partial charge in [-0.2, -0.15) is 0 Å². The fourth-order valence-electron chi connectivity index (χ4n) is 3.88. The lowest BCUT2D eigenvalue weighted by atomic mass is 9.79. The molecule has 4 rings (SSSR count). The Bertz CT molecular complexity index is 843. The number of aryl methyl sites for hydroxylation is 1. The molecule has 126 valence electrons. The first-order valence-corrected chi connectivity index (χ1v) is 8.89. The standard InChI is InChI=1S/C23H22O2/c1-15-11-13-18(14-12-15)21-22-19(24)9-6-10-20(22)25-23(21)16(2)17-7-4-3-5-8-17/h3-5,7-8,11-14,21,23H,2,6,9-10H2,1H3/t21-,23+/m0/s1. The number of Topliss-reactive ketones (excluding diaryl/α,β-unsaturated/α-hetero) is 1. The fourth-order valence-corrected chi connectivity index (χ4v) is 3.88. The van der Waals surface area contributed by atoms with Crippen molar-refractivity contribution >= 4 is 11.4 Å². The number of hydrogen-bond acceptors (Lipinski definition) is 2. The summed E-state index contributed by atoms with van der Waals surface area (Å²) in [5, 5.41) is 0. The number of benzene rings is 2. The molecule has 0 aromatic heterocycles. The fraction of sp³-hybridized carbons (Fsp3) is 0.261. The predicted octanol–water partition coefficient (Wildman–Crippen LogP) is 5.20. The lowest BCUT2D eigenvalue weighted by Crippen LogP contribution is -2.21. The van der Waals surface area contributed by atoms with Gasteiger partial charge in [0.25, 0.3) is 0 Å². The van der Waals surface area contributed by atoms with E-state index in [1.54, 1.807) is 0 Å². The Morgan fingerprint density at radius 1 is 1.04 bits per heavy atom. The second-order valence-corrected chi connectivity index (χ2v) is 6.93. The summed E-state index contributed by atoms with van der Waals surface area (Å²) < 4.78 is 6.31. The highest BCUT2D eigenvalue weighted by molar-refractivity contribution is 5.99. The van der Waals surface area contributed by atoms with E-state index in [9.17, 15) is 4.79 Å². The molecule has 0 saturated carbocycles. The van der Waals surface area contributed by atoms with Gasteiger partial charge in [-0.1, -0.05) is 66.7 Å². The average molecular weight is 330 g/mol. The molecule has 0 N–H and O–H groups in total. The van der Waals surface area contributed by atoms with E-state index in [4.69, 9.17) is 4.74 Å². The van der Waals surface area contributed by atoms with Gasteiger partial charge in [-0.25, -0.2) is 0 Å². The molecule has 2 heteroatoms. The summed E-state index contributed by atoms with van der Waals surface area (Å²) in [5.41, 5.74) is 5.22. The molecule has 0 unspecified atom stereocenters. The van der Waals surface area contributed by atoms with E-state index in [1.165, 1.54) is 5.56 Å². The maximum Gasteiger partial charge on any atom is 0.163 e. The average Bonchev–Trinajstić information content (AvgIpc) is 3.03. The lowest BCUT2D eigenvalue weighted by molar-refractivity contribution is -0.116. The van der Waals surface area contributed by atoms with Crippen LogP contribution in [0.3, 0.4) is 0 Å². The molecule has 1 heterocycles. The summed E-state index contributed by atoms with van der Waals surface area (Å²) in [6.45, 7) is 6.40. The zero-order chi connectivity index (χ0) is 17.4. The quantitative estimate of drug-likeness (QED) is 0.773. The maximum absolute atomic E-state index is 12.7. The molecule has 25 heavy (non-hydrogen) atoms. The predicted molar refractivity (Wildman–Crippen MR) is 100 cm³/mol. The van der Waals surface area contributed by atoms with E-state index >= 15 is 0 Å². The molecule has 0 radical (unpaired) electrons. The molecular weight excluding hydrogens is 308 g/mol. The van der Waals surface area contributed by atoms with Crippen LogP contribution in [0.4, 0.5) is 0 Å². The van der Waals surface area contributed by atoms with Gasteiger partial charge >= 0.3 is 0 Å². The van der Waals surface area contributed by atoms with Gasteiger partial charge in [0.15, 0.2) is 5.78 Å². The van der Waals surface area contributed by atoms with Crippen LogP contribution in [0.15, 0.2) is 72.5 Å². The third-order valence-corrected chi connectivity index (χ3v) is 5.22. The monoisotopic (exact) mass is 330 g/mol. The highest BCUT2D eigenvalue weighted by Gasteiger charge is 2.43. The summed E-state index contributed by atoms with van der Waals surface area (Å²) in [6, 6.07) is 18.6. The molecule has 0 bridgehead atoms. The van der Waals surface area contributed by atoms with Crippen molar-refractivity contribution in [3.63, 3.8) is 0 Å². The Morgan fingerprint density at radius 3 is 2.48 bits per heavy atom. The number of carbonyl (C=O) groups excluding carboxylic acids is 1. The third-order valence-electron chi connectivity index (χ3n) is 5.22. The summed E-state index contributed by atoms with van der Waals surface area (Å²) in [6.07, 6.45) is 2.14. The summed E-state index contributed by atoms with van der Waals surface area (Å²) in [5.74, 6) is 1.05. The minimum absolute atomic E-state index is 0.0592. The van der Waals surface area contributed by atoms with Gasteiger partial charge < -0.3 is 4.74 Å². The first-order valence-electron chi connectivity index (χ1n) is 8.89. The van der Waals surface area contributed by atoms with Crippen molar-refractivity contribution in [1.29, 1.82) is 0 Å². The molecule has 0 amide bonds. The number of ether oxygens (including phenoxy) is 1. The van der Waals surface area contributed by atoms with Crippen molar-refractivity contribution in [3.05, 3.63) is 89.2 Å². The zero-order valence-corrected chi connectivity index (χ0v) is 14.5. The second kappa shape index (κ2) is 6.36. The maximum atomic E-state index is 12.7. The van der Waals surface area contributed by atoms with E-state index in [2.05, 4.69) is 49.9 Å². The molecule has 0 saturated heterocycles. The van der Waals surface area contributed by atoms with Gasteiger partial charge in [0.05, 0.1) is 5.92 Å². The minimum atomic E-state index is -0.211. The van der Waals surface area contributed by atoms with Gasteiger partial charge in [-0.15, -0.1) is 0 Å². The van der Waals surface area contributed by atoms with Crippen LogP contribution in [0.5, 0.6) is 0 Å². The van der Waals surface area contributed by atoms with Crippen molar-refractivity contribution in [1.82, 2.24) is 0 Å². The van der Waals surface area contributed by atoms with E-state index in [-0.39, 0.29) is 17.8 Å². The Kier molecular flexibility index (Phi) is 4.04. The van der Waals surface area contributed by atoms with Gasteiger partial charge in [-0.05, 0) is 30.0 Å². The topological polar surface area (TPSA) is 26.3 Å². The van der Waals surface area contributed by atoms with E-state index < -0.39 is 0 Å². The van der Waals surface area contributed by atoms with Crippen LogP contribution in [0.25, 0.3) is 5.57 Å². The number of ketones is 1. The minimum Gasteiger partial charge on any atom is -0.489 e. The van der Waals surface area contributed by atoms with Crippen LogP contribution in [-0.4, -0.2) is 11.9 Å². The van der Waals surface area contributed by atoms with Crippen molar-refractivity contribution in [2.45, 2.75) is 38.2 Å². The molecule has 0 fully saturated rings. The van der Waals surface area contributed by atoms with Crippen molar-refractivity contribution in [2.75, 3.05) is 0 Å². The van der Waals surface area contributed by atoms with Crippen LogP contribution >= 0.6 is 0 Å². The van der Waals surface area contributed by atoms with Gasteiger partial charge in [-0.3, -0.25) is 4.79 Å². The van der Waals surface area contributed by atoms with E-state index in [1.807, 2.05) is 18.2 Å². The summed E-state index contributed by atoms with van der Waals surface area (Å²) in [7, 11) is 0. The molecule has 2 aromatic carbocycles. The summed E-state index contributed by atoms with van der Waals surface area (Å²) in [4.78, 5) is 12.7. The molecule has 1 aliphatic carbocycles. The van der Waals surface area contributed by atoms with Gasteiger partial charge in [0.1, 0.15) is 11.9 Å². The largest absolute Gasteiger partial charge is 0.489 e. The second-order valence-electron chi connectivity index (χ2n) is 6.93. The van der Waals surface area contributed by atoms with Crippen LogP contribution in [0.1, 0.15) is 41.9 Å². The number of allylic oxidation sites excluding steroid dienone is 1. The number of rotatable bonds is 3. The third kappa shape index (κ3) is 2.82. The highest BCUT2D eigenvalue weighted by Crippen LogP contribution is 2.47. The first kappa shape index (κ1) is 15.9. The zero-order valence-electron chi connectivity index (χ0n) is 14.5. The number of hydrogen-bond donors (Lipinski definition) is 0. The molecule has 2 atom stereocenters. The lowest BCUT2D eigenvalue weighted by Gasteiger charge is -2.23. The smallest absolute Gasteiger partial charge is 0.163 e.